The zero-order chi connectivity index (χ0) is 19.6. The fourth-order valence-corrected chi connectivity index (χ4v) is 3.37. The van der Waals surface area contributed by atoms with Gasteiger partial charge in [-0.1, -0.05) is 6.07 Å². The van der Waals surface area contributed by atoms with Crippen LogP contribution in [0.1, 0.15) is 43.9 Å². The van der Waals surface area contributed by atoms with Gasteiger partial charge >= 0.3 is 0 Å². The number of benzene rings is 1. The second-order valence-electron chi connectivity index (χ2n) is 6.96. The number of hydrogen-bond acceptors (Lipinski definition) is 4. The van der Waals surface area contributed by atoms with Crippen molar-refractivity contribution in [1.82, 2.24) is 10.6 Å². The molecule has 29 heavy (non-hydrogen) atoms. The summed E-state index contributed by atoms with van der Waals surface area (Å²) in [6, 6.07) is 9.94. The van der Waals surface area contributed by atoms with Gasteiger partial charge in [0, 0.05) is 19.5 Å². The van der Waals surface area contributed by atoms with Crippen molar-refractivity contribution >= 4 is 29.9 Å². The van der Waals surface area contributed by atoms with Crippen molar-refractivity contribution in [2.45, 2.75) is 51.7 Å². The van der Waals surface area contributed by atoms with E-state index in [1.807, 2.05) is 30.3 Å². The smallest absolute Gasteiger partial charge is 0.191 e. The highest BCUT2D eigenvalue weighted by Crippen LogP contribution is 2.32. The summed E-state index contributed by atoms with van der Waals surface area (Å²) in [4.78, 5) is 4.70. The van der Waals surface area contributed by atoms with Gasteiger partial charge in [0.1, 0.15) is 5.76 Å². The van der Waals surface area contributed by atoms with Crippen molar-refractivity contribution in [2.75, 3.05) is 20.2 Å². The molecule has 2 N–H and O–H groups in total. The molecule has 1 aliphatic rings. The summed E-state index contributed by atoms with van der Waals surface area (Å²) in [5, 5.41) is 6.63. The molecule has 3 rings (SSSR count). The standard InChI is InChI=1S/C22H31N3O3.HI/c1-3-23-22(24-13-12-18-9-6-14-27-18)25-16-17-10-11-20(26-2)21(15-17)28-19-7-4-5-8-19;/h6,9-11,14-15,19H,3-5,7-8,12-13,16H2,1-2H3,(H2,23,24,25);1H. The van der Waals surface area contributed by atoms with Crippen molar-refractivity contribution < 1.29 is 13.9 Å². The molecule has 1 aromatic heterocycles. The first-order chi connectivity index (χ1) is 13.8. The van der Waals surface area contributed by atoms with Gasteiger partial charge in [-0.15, -0.1) is 24.0 Å². The molecule has 0 unspecified atom stereocenters. The van der Waals surface area contributed by atoms with Crippen LogP contribution in [0.4, 0.5) is 0 Å². The van der Waals surface area contributed by atoms with Gasteiger partial charge in [-0.25, -0.2) is 4.99 Å². The number of ether oxygens (including phenoxy) is 2. The van der Waals surface area contributed by atoms with E-state index in [0.29, 0.717) is 12.6 Å². The lowest BCUT2D eigenvalue weighted by Gasteiger charge is -2.17. The number of hydrogen-bond donors (Lipinski definition) is 2. The number of methoxy groups -OCH3 is 1. The Labute approximate surface area is 190 Å². The highest BCUT2D eigenvalue weighted by molar-refractivity contribution is 14.0. The van der Waals surface area contributed by atoms with E-state index in [1.54, 1.807) is 13.4 Å². The number of guanidine groups is 1. The summed E-state index contributed by atoms with van der Waals surface area (Å²) >= 11 is 0. The van der Waals surface area contributed by atoms with Gasteiger partial charge in [0.25, 0.3) is 0 Å². The summed E-state index contributed by atoms with van der Waals surface area (Å²) in [6.45, 7) is 4.20. The monoisotopic (exact) mass is 513 g/mol. The molecule has 0 saturated heterocycles. The van der Waals surface area contributed by atoms with Crippen LogP contribution in [0.15, 0.2) is 46.0 Å². The Hall–Kier alpha value is -1.90. The third-order valence-electron chi connectivity index (χ3n) is 4.83. The minimum Gasteiger partial charge on any atom is -0.493 e. The molecule has 1 heterocycles. The number of furan rings is 1. The molecule has 0 aliphatic heterocycles. The van der Waals surface area contributed by atoms with Crippen molar-refractivity contribution in [3.8, 4) is 11.5 Å². The SMILES string of the molecule is CCNC(=NCc1ccc(OC)c(OC2CCCC2)c1)NCCc1ccco1.I. The fraction of sp³-hybridized carbons (Fsp3) is 0.500. The lowest BCUT2D eigenvalue weighted by Crippen LogP contribution is -2.38. The van der Waals surface area contributed by atoms with E-state index in [9.17, 15) is 0 Å². The third-order valence-corrected chi connectivity index (χ3v) is 4.83. The quantitative estimate of drug-likeness (QED) is 0.293. The molecule has 160 valence electrons. The minimum absolute atomic E-state index is 0. The Morgan fingerprint density at radius 2 is 2.00 bits per heavy atom. The Morgan fingerprint density at radius 3 is 2.69 bits per heavy atom. The first kappa shape index (κ1) is 23.4. The zero-order valence-corrected chi connectivity index (χ0v) is 19.6. The second-order valence-corrected chi connectivity index (χ2v) is 6.96. The third kappa shape index (κ3) is 7.45. The molecule has 6 nitrogen and oxygen atoms in total. The number of nitrogens with one attached hydrogen (secondary N) is 2. The van der Waals surface area contributed by atoms with Gasteiger partial charge in [0.2, 0.25) is 0 Å². The van der Waals surface area contributed by atoms with Crippen molar-refractivity contribution in [1.29, 1.82) is 0 Å². The average Bonchev–Trinajstić information content (AvgIpc) is 3.40. The van der Waals surface area contributed by atoms with Crippen LogP contribution in [0, 0.1) is 0 Å². The molecule has 1 fully saturated rings. The Kier molecular flexibility index (Phi) is 10.2. The zero-order valence-electron chi connectivity index (χ0n) is 17.3. The number of nitrogens with zero attached hydrogens (tertiary/aromatic N) is 1. The molecule has 1 aliphatic carbocycles. The summed E-state index contributed by atoms with van der Waals surface area (Å²) in [6.07, 6.45) is 7.54. The number of halogens is 1. The Bertz CT molecular complexity index is 744. The number of rotatable bonds is 9. The van der Waals surface area contributed by atoms with Gasteiger partial charge in [-0.3, -0.25) is 0 Å². The summed E-state index contributed by atoms with van der Waals surface area (Å²) in [5.41, 5.74) is 1.09. The maximum Gasteiger partial charge on any atom is 0.191 e. The van der Waals surface area contributed by atoms with Gasteiger partial charge in [0.05, 0.1) is 26.0 Å². The van der Waals surface area contributed by atoms with E-state index in [2.05, 4.69) is 17.6 Å². The molecule has 0 radical (unpaired) electrons. The molecule has 0 spiro atoms. The van der Waals surface area contributed by atoms with Crippen molar-refractivity contribution in [3.05, 3.63) is 47.9 Å². The van der Waals surface area contributed by atoms with Crippen molar-refractivity contribution in [3.63, 3.8) is 0 Å². The maximum absolute atomic E-state index is 6.18. The first-order valence-corrected chi connectivity index (χ1v) is 10.2. The van der Waals surface area contributed by atoms with E-state index in [1.165, 1.54) is 12.8 Å². The molecular weight excluding hydrogens is 481 g/mol. The predicted molar refractivity (Wildman–Crippen MR) is 127 cm³/mol. The normalized spacial score (nSPS) is 14.3. The molecule has 1 saturated carbocycles. The van der Waals surface area contributed by atoms with Crippen molar-refractivity contribution in [2.24, 2.45) is 4.99 Å². The summed E-state index contributed by atoms with van der Waals surface area (Å²) in [5.74, 6) is 3.36. The lowest BCUT2D eigenvalue weighted by molar-refractivity contribution is 0.200. The van der Waals surface area contributed by atoms with Crippen LogP contribution in [-0.4, -0.2) is 32.3 Å². The van der Waals surface area contributed by atoms with E-state index in [-0.39, 0.29) is 24.0 Å². The van der Waals surface area contributed by atoms with E-state index < -0.39 is 0 Å². The first-order valence-electron chi connectivity index (χ1n) is 10.2. The molecule has 7 heteroatoms. The molecular formula is C22H32IN3O3. The Balaban J connectivity index is 0.00000300. The molecule has 1 aromatic carbocycles. The minimum atomic E-state index is 0. The molecule has 0 atom stereocenters. The summed E-state index contributed by atoms with van der Waals surface area (Å²) < 4.78 is 17.0. The van der Waals surface area contributed by atoms with Crippen LogP contribution >= 0.6 is 24.0 Å². The highest BCUT2D eigenvalue weighted by Gasteiger charge is 2.18. The summed E-state index contributed by atoms with van der Waals surface area (Å²) in [7, 11) is 1.68. The van der Waals surface area contributed by atoms with Gasteiger partial charge in [-0.2, -0.15) is 0 Å². The predicted octanol–water partition coefficient (Wildman–Crippen LogP) is 4.53. The van der Waals surface area contributed by atoms with Crippen LogP contribution in [-0.2, 0) is 13.0 Å². The molecule has 2 aromatic rings. The van der Waals surface area contributed by atoms with Crippen LogP contribution < -0.4 is 20.1 Å². The average molecular weight is 513 g/mol. The van der Waals surface area contributed by atoms with Crippen LogP contribution in [0.25, 0.3) is 0 Å². The van der Waals surface area contributed by atoms with Crippen LogP contribution in [0.3, 0.4) is 0 Å². The highest BCUT2D eigenvalue weighted by atomic mass is 127. The lowest BCUT2D eigenvalue weighted by atomic mass is 10.2. The molecule has 0 amide bonds. The maximum atomic E-state index is 6.18. The van der Waals surface area contributed by atoms with Crippen LogP contribution in [0.5, 0.6) is 11.5 Å². The van der Waals surface area contributed by atoms with E-state index in [4.69, 9.17) is 18.9 Å². The van der Waals surface area contributed by atoms with Crippen LogP contribution in [0.2, 0.25) is 0 Å². The Morgan fingerprint density at radius 1 is 1.17 bits per heavy atom. The number of aliphatic imine (C=N–C) groups is 1. The largest absolute Gasteiger partial charge is 0.493 e. The van der Waals surface area contributed by atoms with E-state index >= 15 is 0 Å². The van der Waals surface area contributed by atoms with E-state index in [0.717, 1.165) is 61.1 Å². The van der Waals surface area contributed by atoms with Gasteiger partial charge in [-0.05, 0) is 62.4 Å². The second kappa shape index (κ2) is 12.6. The van der Waals surface area contributed by atoms with Gasteiger partial charge in [0.15, 0.2) is 17.5 Å². The fourth-order valence-electron chi connectivity index (χ4n) is 3.37. The molecule has 0 bridgehead atoms. The topological polar surface area (TPSA) is 68.0 Å². The van der Waals surface area contributed by atoms with Gasteiger partial charge < -0.3 is 24.5 Å².